The molecule has 33 heavy (non-hydrogen) atoms. The van der Waals surface area contributed by atoms with Crippen LogP contribution in [0.4, 0.5) is 5.69 Å². The van der Waals surface area contributed by atoms with E-state index in [1.165, 1.54) is 5.69 Å². The van der Waals surface area contributed by atoms with Gasteiger partial charge in [0, 0.05) is 45.0 Å². The summed E-state index contributed by atoms with van der Waals surface area (Å²) in [6.07, 6.45) is 0.188. The SMILES string of the molecule is O=C1c2ccc(OCCN3CCN(c4ccccc4)CC3)cc2C(=O)N1CCCO[N+](=O)[O-]. The van der Waals surface area contributed by atoms with Crippen LogP contribution in [0.3, 0.4) is 0 Å². The number of piperazine rings is 1. The third-order valence-electron chi connectivity index (χ3n) is 5.83. The van der Waals surface area contributed by atoms with Gasteiger partial charge in [-0.1, -0.05) is 18.2 Å². The van der Waals surface area contributed by atoms with Gasteiger partial charge in [-0.15, -0.1) is 10.1 Å². The van der Waals surface area contributed by atoms with E-state index in [-0.39, 0.29) is 19.6 Å². The van der Waals surface area contributed by atoms with Crippen molar-refractivity contribution in [2.45, 2.75) is 6.42 Å². The summed E-state index contributed by atoms with van der Waals surface area (Å²) in [6.45, 7) is 4.96. The lowest BCUT2D eigenvalue weighted by atomic mass is 10.1. The van der Waals surface area contributed by atoms with Gasteiger partial charge in [0.1, 0.15) is 12.4 Å². The van der Waals surface area contributed by atoms with Crippen molar-refractivity contribution in [3.63, 3.8) is 0 Å². The maximum atomic E-state index is 12.6. The summed E-state index contributed by atoms with van der Waals surface area (Å²) in [5, 5.41) is 9.32. The number of nitrogens with zero attached hydrogens (tertiary/aromatic N) is 4. The minimum absolute atomic E-state index is 0.0608. The van der Waals surface area contributed by atoms with E-state index in [0.717, 1.165) is 37.6 Å². The summed E-state index contributed by atoms with van der Waals surface area (Å²) in [7, 11) is 0. The number of amides is 2. The fraction of sp³-hybridized carbons (Fsp3) is 0.391. The molecule has 1 saturated heterocycles. The van der Waals surface area contributed by atoms with Gasteiger partial charge in [0.15, 0.2) is 0 Å². The molecule has 0 saturated carbocycles. The van der Waals surface area contributed by atoms with Crippen LogP contribution >= 0.6 is 0 Å². The van der Waals surface area contributed by atoms with Crippen molar-refractivity contribution in [3.05, 3.63) is 69.8 Å². The number of anilines is 1. The number of carbonyl (C=O) groups is 2. The molecule has 0 atom stereocenters. The monoisotopic (exact) mass is 454 g/mol. The first kappa shape index (κ1) is 22.5. The third-order valence-corrected chi connectivity index (χ3v) is 5.83. The van der Waals surface area contributed by atoms with Crippen molar-refractivity contribution in [1.29, 1.82) is 0 Å². The van der Waals surface area contributed by atoms with Crippen LogP contribution in [-0.4, -0.2) is 79.2 Å². The Kier molecular flexibility index (Phi) is 7.04. The van der Waals surface area contributed by atoms with Gasteiger partial charge in [0.05, 0.1) is 17.7 Å². The average Bonchev–Trinajstić information content (AvgIpc) is 3.07. The fourth-order valence-corrected chi connectivity index (χ4v) is 4.09. The first-order chi connectivity index (χ1) is 16.0. The molecule has 0 unspecified atom stereocenters. The van der Waals surface area contributed by atoms with Crippen LogP contribution in [0.15, 0.2) is 48.5 Å². The van der Waals surface area contributed by atoms with Gasteiger partial charge in [0.25, 0.3) is 16.9 Å². The van der Waals surface area contributed by atoms with Gasteiger partial charge in [-0.3, -0.25) is 19.4 Å². The number of carbonyl (C=O) groups excluding carboxylic acids is 2. The van der Waals surface area contributed by atoms with E-state index >= 15 is 0 Å². The van der Waals surface area contributed by atoms with E-state index in [2.05, 4.69) is 38.9 Å². The second kappa shape index (κ2) is 10.3. The van der Waals surface area contributed by atoms with Gasteiger partial charge in [0.2, 0.25) is 0 Å². The first-order valence-electron chi connectivity index (χ1n) is 11.0. The lowest BCUT2D eigenvalue weighted by molar-refractivity contribution is -0.757. The maximum absolute atomic E-state index is 12.6. The van der Waals surface area contributed by atoms with Crippen molar-refractivity contribution in [2.75, 3.05) is 57.4 Å². The molecule has 10 nitrogen and oxygen atoms in total. The zero-order chi connectivity index (χ0) is 23.2. The summed E-state index contributed by atoms with van der Waals surface area (Å²) in [6, 6.07) is 15.2. The highest BCUT2D eigenvalue weighted by atomic mass is 16.9. The Labute approximate surface area is 191 Å². The molecule has 2 aliphatic heterocycles. The topological polar surface area (TPSA) is 105 Å². The Morgan fingerprint density at radius 2 is 1.61 bits per heavy atom. The van der Waals surface area contributed by atoms with E-state index in [4.69, 9.17) is 4.74 Å². The number of rotatable bonds is 10. The number of imide groups is 1. The summed E-state index contributed by atoms with van der Waals surface area (Å²) < 4.78 is 5.86. The molecule has 0 bridgehead atoms. The quantitative estimate of drug-likeness (QED) is 0.233. The minimum atomic E-state index is -0.894. The summed E-state index contributed by atoms with van der Waals surface area (Å²) in [5.74, 6) is -0.283. The highest BCUT2D eigenvalue weighted by Gasteiger charge is 2.35. The van der Waals surface area contributed by atoms with Crippen molar-refractivity contribution in [2.24, 2.45) is 0 Å². The van der Waals surface area contributed by atoms with Gasteiger partial charge >= 0.3 is 0 Å². The Hall–Kier alpha value is -3.66. The van der Waals surface area contributed by atoms with Crippen molar-refractivity contribution < 1.29 is 24.3 Å². The standard InChI is InChI=1S/C23H26N4O6/c28-22-20-8-7-19(17-21(20)23(29)26(22)9-4-15-33-27(30)31)32-16-14-24-10-12-25(13-11-24)18-5-2-1-3-6-18/h1-3,5-8,17H,4,9-16H2. The van der Waals surface area contributed by atoms with Crippen molar-refractivity contribution in [1.82, 2.24) is 9.80 Å². The smallest absolute Gasteiger partial charge is 0.294 e. The van der Waals surface area contributed by atoms with Crippen LogP contribution in [0.5, 0.6) is 5.75 Å². The minimum Gasteiger partial charge on any atom is -0.492 e. The normalized spacial score (nSPS) is 16.1. The summed E-state index contributed by atoms with van der Waals surface area (Å²) in [4.78, 5) is 45.3. The molecule has 10 heteroatoms. The average molecular weight is 454 g/mol. The van der Waals surface area contributed by atoms with Crippen LogP contribution in [0.2, 0.25) is 0 Å². The van der Waals surface area contributed by atoms with Crippen LogP contribution < -0.4 is 9.64 Å². The van der Waals surface area contributed by atoms with Gasteiger partial charge in [-0.05, 0) is 36.8 Å². The molecule has 0 aromatic heterocycles. The largest absolute Gasteiger partial charge is 0.492 e. The maximum Gasteiger partial charge on any atom is 0.294 e. The lowest BCUT2D eigenvalue weighted by Crippen LogP contribution is -2.47. The first-order valence-corrected chi connectivity index (χ1v) is 11.0. The number of hydrogen-bond donors (Lipinski definition) is 0. The summed E-state index contributed by atoms with van der Waals surface area (Å²) in [5.41, 5.74) is 1.86. The van der Waals surface area contributed by atoms with E-state index in [9.17, 15) is 19.7 Å². The zero-order valence-corrected chi connectivity index (χ0v) is 18.2. The van der Waals surface area contributed by atoms with Crippen LogP contribution in [-0.2, 0) is 4.84 Å². The molecule has 2 amide bonds. The van der Waals surface area contributed by atoms with Gasteiger partial charge in [-0.25, -0.2) is 0 Å². The fourth-order valence-electron chi connectivity index (χ4n) is 4.09. The number of hydrogen-bond acceptors (Lipinski definition) is 8. The molecule has 1 fully saturated rings. The molecule has 0 aliphatic carbocycles. The van der Waals surface area contributed by atoms with Crippen LogP contribution in [0, 0.1) is 10.1 Å². The number of fused-ring (bicyclic) bond motifs is 1. The Morgan fingerprint density at radius 3 is 2.33 bits per heavy atom. The molecule has 4 rings (SSSR count). The molecular weight excluding hydrogens is 428 g/mol. The zero-order valence-electron chi connectivity index (χ0n) is 18.2. The van der Waals surface area contributed by atoms with Crippen LogP contribution in [0.1, 0.15) is 27.1 Å². The third kappa shape index (κ3) is 5.40. The highest BCUT2D eigenvalue weighted by molar-refractivity contribution is 6.21. The van der Waals surface area contributed by atoms with Crippen molar-refractivity contribution in [3.8, 4) is 5.75 Å². The van der Waals surface area contributed by atoms with Gasteiger partial charge in [-0.2, -0.15) is 0 Å². The predicted molar refractivity (Wildman–Crippen MR) is 120 cm³/mol. The molecule has 0 spiro atoms. The van der Waals surface area contributed by atoms with E-state index in [1.54, 1.807) is 18.2 Å². The number of ether oxygens (including phenoxy) is 1. The number of para-hydroxylation sites is 1. The highest BCUT2D eigenvalue weighted by Crippen LogP contribution is 2.27. The van der Waals surface area contributed by atoms with Crippen molar-refractivity contribution >= 4 is 17.5 Å². The predicted octanol–water partition coefficient (Wildman–Crippen LogP) is 2.08. The van der Waals surface area contributed by atoms with Crippen LogP contribution in [0.25, 0.3) is 0 Å². The molecule has 2 aliphatic rings. The number of benzene rings is 2. The molecule has 174 valence electrons. The molecule has 0 radical (unpaired) electrons. The Balaban J connectivity index is 1.24. The van der Waals surface area contributed by atoms with E-state index in [0.29, 0.717) is 23.5 Å². The van der Waals surface area contributed by atoms with E-state index in [1.807, 2.05) is 6.07 Å². The second-order valence-corrected chi connectivity index (χ2v) is 7.89. The summed E-state index contributed by atoms with van der Waals surface area (Å²) >= 11 is 0. The Morgan fingerprint density at radius 1 is 0.879 bits per heavy atom. The molecule has 0 N–H and O–H groups in total. The lowest BCUT2D eigenvalue weighted by Gasteiger charge is -2.36. The molecule has 2 aromatic carbocycles. The molecule has 2 aromatic rings. The molecular formula is C23H26N4O6. The second-order valence-electron chi connectivity index (χ2n) is 7.89. The van der Waals surface area contributed by atoms with Gasteiger partial charge < -0.3 is 14.5 Å². The Bertz CT molecular complexity index is 1010. The van der Waals surface area contributed by atoms with E-state index < -0.39 is 16.9 Å². The molecule has 2 heterocycles.